The minimum Gasteiger partial charge on any atom is -0.467 e. The molecule has 0 unspecified atom stereocenters. The fourth-order valence-electron chi connectivity index (χ4n) is 3.74. The van der Waals surface area contributed by atoms with Gasteiger partial charge in [0.1, 0.15) is 5.76 Å². The lowest BCUT2D eigenvalue weighted by Gasteiger charge is -2.32. The van der Waals surface area contributed by atoms with E-state index in [9.17, 15) is 0 Å². The van der Waals surface area contributed by atoms with E-state index >= 15 is 0 Å². The third-order valence-corrected chi connectivity index (χ3v) is 6.05. The summed E-state index contributed by atoms with van der Waals surface area (Å²) in [6, 6.07) is 9.79. The summed E-state index contributed by atoms with van der Waals surface area (Å²) in [4.78, 5) is 4.77. The van der Waals surface area contributed by atoms with E-state index in [2.05, 4.69) is 22.0 Å². The molecule has 0 radical (unpaired) electrons. The van der Waals surface area contributed by atoms with Gasteiger partial charge in [0.15, 0.2) is 5.11 Å². The zero-order chi connectivity index (χ0) is 19.9. The SMILES string of the molecule is Cc1cc(NC(=S)N(CCCN2CCC[C@H](C)C2)Cc2ccco2)ccc1Cl. The molecule has 1 saturated heterocycles. The summed E-state index contributed by atoms with van der Waals surface area (Å²) < 4.78 is 5.55. The molecule has 3 rings (SSSR count). The van der Waals surface area contributed by atoms with Gasteiger partial charge in [-0.1, -0.05) is 18.5 Å². The Bertz CT molecular complexity index is 765. The van der Waals surface area contributed by atoms with Crippen LogP contribution in [0.2, 0.25) is 5.02 Å². The van der Waals surface area contributed by atoms with Gasteiger partial charge in [-0.05, 0) is 93.3 Å². The highest BCUT2D eigenvalue weighted by molar-refractivity contribution is 7.80. The lowest BCUT2D eigenvalue weighted by molar-refractivity contribution is 0.177. The van der Waals surface area contributed by atoms with Gasteiger partial charge in [0.2, 0.25) is 0 Å². The molecule has 0 saturated carbocycles. The highest BCUT2D eigenvalue weighted by atomic mass is 35.5. The minimum atomic E-state index is 0.668. The Morgan fingerprint density at radius 2 is 2.25 bits per heavy atom. The minimum absolute atomic E-state index is 0.668. The molecule has 1 N–H and O–H groups in total. The number of hydrogen-bond donors (Lipinski definition) is 1. The number of hydrogen-bond acceptors (Lipinski definition) is 3. The second kappa shape index (κ2) is 10.3. The molecule has 1 aromatic heterocycles. The number of rotatable bonds is 7. The van der Waals surface area contributed by atoms with Crippen LogP contribution in [0.5, 0.6) is 0 Å². The summed E-state index contributed by atoms with van der Waals surface area (Å²) in [5.74, 6) is 1.73. The van der Waals surface area contributed by atoms with E-state index in [4.69, 9.17) is 28.2 Å². The van der Waals surface area contributed by atoms with Crippen LogP contribution >= 0.6 is 23.8 Å². The Morgan fingerprint density at radius 1 is 1.39 bits per heavy atom. The first kappa shape index (κ1) is 21.2. The summed E-state index contributed by atoms with van der Waals surface area (Å²) in [6.07, 6.45) is 5.46. The second-order valence-corrected chi connectivity index (χ2v) is 8.59. The lowest BCUT2D eigenvalue weighted by atomic mass is 10.0. The average Bonchev–Trinajstić information content (AvgIpc) is 3.17. The number of furan rings is 1. The van der Waals surface area contributed by atoms with Crippen molar-refractivity contribution < 1.29 is 4.42 Å². The summed E-state index contributed by atoms with van der Waals surface area (Å²) in [6.45, 7) is 9.45. The number of nitrogens with one attached hydrogen (secondary N) is 1. The van der Waals surface area contributed by atoms with Crippen LogP contribution in [-0.4, -0.2) is 41.1 Å². The number of benzene rings is 1. The number of aryl methyl sites for hydroxylation is 1. The number of nitrogens with zero attached hydrogens (tertiary/aromatic N) is 2. The van der Waals surface area contributed by atoms with Crippen molar-refractivity contribution >= 4 is 34.6 Å². The Labute approximate surface area is 178 Å². The van der Waals surface area contributed by atoms with E-state index in [1.807, 2.05) is 37.3 Å². The van der Waals surface area contributed by atoms with Crippen molar-refractivity contribution in [2.24, 2.45) is 5.92 Å². The van der Waals surface area contributed by atoms with Crippen molar-refractivity contribution in [3.8, 4) is 0 Å². The predicted octanol–water partition coefficient (Wildman–Crippen LogP) is 5.56. The van der Waals surface area contributed by atoms with Gasteiger partial charge in [-0.15, -0.1) is 0 Å². The molecule has 2 heterocycles. The topological polar surface area (TPSA) is 31.6 Å². The molecule has 28 heavy (non-hydrogen) atoms. The van der Waals surface area contributed by atoms with Crippen molar-refractivity contribution in [3.63, 3.8) is 0 Å². The lowest BCUT2D eigenvalue weighted by Crippen LogP contribution is -2.39. The number of likely N-dealkylation sites (tertiary alicyclic amines) is 1. The summed E-state index contributed by atoms with van der Waals surface area (Å²) in [7, 11) is 0. The molecule has 1 aromatic carbocycles. The van der Waals surface area contributed by atoms with Crippen LogP contribution < -0.4 is 5.32 Å². The number of halogens is 1. The van der Waals surface area contributed by atoms with Crippen molar-refractivity contribution in [3.05, 3.63) is 52.9 Å². The molecule has 1 fully saturated rings. The molecule has 4 nitrogen and oxygen atoms in total. The largest absolute Gasteiger partial charge is 0.467 e. The van der Waals surface area contributed by atoms with E-state index in [0.717, 1.165) is 47.5 Å². The van der Waals surface area contributed by atoms with Gasteiger partial charge >= 0.3 is 0 Å². The molecule has 6 heteroatoms. The molecule has 0 amide bonds. The quantitative estimate of drug-likeness (QED) is 0.593. The van der Waals surface area contributed by atoms with E-state index in [-0.39, 0.29) is 0 Å². The maximum Gasteiger partial charge on any atom is 0.173 e. The first-order chi connectivity index (χ1) is 13.5. The van der Waals surface area contributed by atoms with Gasteiger partial charge in [-0.2, -0.15) is 0 Å². The third kappa shape index (κ3) is 6.23. The highest BCUT2D eigenvalue weighted by Gasteiger charge is 2.17. The summed E-state index contributed by atoms with van der Waals surface area (Å²) in [5.41, 5.74) is 1.99. The van der Waals surface area contributed by atoms with Crippen molar-refractivity contribution in [2.75, 3.05) is 31.5 Å². The molecule has 1 atom stereocenters. The van der Waals surface area contributed by atoms with Crippen LogP contribution in [0.1, 0.15) is 37.5 Å². The molecule has 2 aromatic rings. The van der Waals surface area contributed by atoms with E-state index < -0.39 is 0 Å². The number of anilines is 1. The molecular formula is C22H30ClN3OS. The van der Waals surface area contributed by atoms with Gasteiger partial charge in [-0.25, -0.2) is 0 Å². The fraction of sp³-hybridized carbons (Fsp3) is 0.500. The Balaban J connectivity index is 1.58. The molecule has 0 bridgehead atoms. The maximum absolute atomic E-state index is 6.14. The van der Waals surface area contributed by atoms with Crippen LogP contribution in [-0.2, 0) is 6.54 Å². The molecule has 152 valence electrons. The van der Waals surface area contributed by atoms with Gasteiger partial charge in [-0.3, -0.25) is 0 Å². The Hall–Kier alpha value is -1.56. The zero-order valence-electron chi connectivity index (χ0n) is 16.8. The van der Waals surface area contributed by atoms with E-state index in [0.29, 0.717) is 11.7 Å². The third-order valence-electron chi connectivity index (χ3n) is 5.27. The zero-order valence-corrected chi connectivity index (χ0v) is 18.4. The smallest absolute Gasteiger partial charge is 0.173 e. The van der Waals surface area contributed by atoms with Gasteiger partial charge in [0, 0.05) is 23.8 Å². The normalized spacial score (nSPS) is 17.5. The van der Waals surface area contributed by atoms with Crippen molar-refractivity contribution in [1.29, 1.82) is 0 Å². The number of thiocarbonyl (C=S) groups is 1. The fourth-order valence-corrected chi connectivity index (χ4v) is 4.13. The average molecular weight is 420 g/mol. The first-order valence-corrected chi connectivity index (χ1v) is 10.9. The van der Waals surface area contributed by atoms with Crippen LogP contribution in [0.15, 0.2) is 41.0 Å². The standard InChI is InChI=1S/C22H30ClN3OS/c1-17-6-3-10-25(15-17)11-5-12-26(16-20-7-4-13-27-20)22(28)24-19-8-9-21(23)18(2)14-19/h4,7-9,13-14,17H,3,5-6,10-12,15-16H2,1-2H3,(H,24,28)/t17-/m0/s1. The van der Waals surface area contributed by atoms with Crippen LogP contribution in [0.4, 0.5) is 5.69 Å². The van der Waals surface area contributed by atoms with Gasteiger partial charge in [0.25, 0.3) is 0 Å². The van der Waals surface area contributed by atoms with Crippen molar-refractivity contribution in [1.82, 2.24) is 9.80 Å². The molecule has 1 aliphatic heterocycles. The van der Waals surface area contributed by atoms with E-state index in [1.54, 1.807) is 6.26 Å². The van der Waals surface area contributed by atoms with Crippen LogP contribution in [0.25, 0.3) is 0 Å². The second-order valence-electron chi connectivity index (χ2n) is 7.80. The molecule has 0 aliphatic carbocycles. The monoisotopic (exact) mass is 419 g/mol. The maximum atomic E-state index is 6.14. The molecule has 0 spiro atoms. The summed E-state index contributed by atoms with van der Waals surface area (Å²) >= 11 is 11.9. The molecule has 1 aliphatic rings. The Kier molecular flexibility index (Phi) is 7.77. The van der Waals surface area contributed by atoms with Gasteiger partial charge < -0.3 is 19.5 Å². The summed E-state index contributed by atoms with van der Waals surface area (Å²) in [5, 5.41) is 4.84. The van der Waals surface area contributed by atoms with Crippen LogP contribution in [0, 0.1) is 12.8 Å². The Morgan fingerprint density at radius 3 is 2.96 bits per heavy atom. The highest BCUT2D eigenvalue weighted by Crippen LogP contribution is 2.20. The van der Waals surface area contributed by atoms with E-state index in [1.165, 1.54) is 25.9 Å². The van der Waals surface area contributed by atoms with Gasteiger partial charge in [0.05, 0.1) is 12.8 Å². The molecular weight excluding hydrogens is 390 g/mol. The first-order valence-electron chi connectivity index (χ1n) is 10.1. The van der Waals surface area contributed by atoms with Crippen molar-refractivity contribution in [2.45, 2.75) is 39.7 Å². The van der Waals surface area contributed by atoms with Crippen LogP contribution in [0.3, 0.4) is 0 Å². The number of piperidine rings is 1. The predicted molar refractivity (Wildman–Crippen MR) is 121 cm³/mol.